The Kier molecular flexibility index (Phi) is 6.84. The van der Waals surface area contributed by atoms with Crippen molar-refractivity contribution in [3.8, 4) is 0 Å². The van der Waals surface area contributed by atoms with Crippen molar-refractivity contribution >= 4 is 34.7 Å². The number of thiophene rings is 1. The normalized spacial score (nSPS) is 14.1. The van der Waals surface area contributed by atoms with E-state index in [1.165, 1.54) is 29.5 Å². The maximum Gasteiger partial charge on any atom is 0.258 e. The van der Waals surface area contributed by atoms with Gasteiger partial charge in [-0.2, -0.15) is 11.3 Å². The first kappa shape index (κ1) is 22.7. The van der Waals surface area contributed by atoms with Crippen LogP contribution in [0.15, 0.2) is 59.3 Å². The smallest absolute Gasteiger partial charge is 0.258 e. The lowest BCUT2D eigenvalue weighted by Crippen LogP contribution is -2.46. The Balaban J connectivity index is 1.38. The van der Waals surface area contributed by atoms with Gasteiger partial charge in [-0.15, -0.1) is 0 Å². The Morgan fingerprint density at radius 1 is 1.00 bits per heavy atom. The summed E-state index contributed by atoms with van der Waals surface area (Å²) >= 11 is 1.48. The van der Waals surface area contributed by atoms with Gasteiger partial charge in [0.2, 0.25) is 0 Å². The molecule has 6 nitrogen and oxygen atoms in total. The van der Waals surface area contributed by atoms with Gasteiger partial charge in [-0.25, -0.2) is 4.39 Å². The van der Waals surface area contributed by atoms with Gasteiger partial charge < -0.3 is 15.5 Å². The summed E-state index contributed by atoms with van der Waals surface area (Å²) < 4.78 is 13.9. The molecule has 1 saturated heterocycles. The van der Waals surface area contributed by atoms with Crippen LogP contribution in [0, 0.1) is 12.7 Å². The Hall–Kier alpha value is -3.52. The van der Waals surface area contributed by atoms with Gasteiger partial charge in [0.15, 0.2) is 0 Å². The summed E-state index contributed by atoms with van der Waals surface area (Å²) in [6, 6.07) is 12.7. The highest BCUT2D eigenvalue weighted by Crippen LogP contribution is 2.21. The molecule has 2 heterocycles. The fourth-order valence-electron chi connectivity index (χ4n) is 3.80. The van der Waals surface area contributed by atoms with E-state index in [0.29, 0.717) is 42.7 Å². The van der Waals surface area contributed by atoms with E-state index in [1.807, 2.05) is 17.7 Å². The van der Waals surface area contributed by atoms with E-state index >= 15 is 0 Å². The molecule has 1 aliphatic heterocycles. The average Bonchev–Trinajstić information content (AvgIpc) is 3.36. The number of nitrogens with zero attached hydrogens (tertiary/aromatic N) is 1. The fraction of sp³-hybridized carbons (Fsp3) is 0.240. The molecule has 0 bridgehead atoms. The third kappa shape index (κ3) is 5.28. The fourth-order valence-corrected chi connectivity index (χ4v) is 4.43. The number of halogens is 1. The highest BCUT2D eigenvalue weighted by Gasteiger charge is 2.25. The molecule has 3 amide bonds. The van der Waals surface area contributed by atoms with Crippen LogP contribution in [0.25, 0.3) is 0 Å². The number of amides is 3. The zero-order valence-electron chi connectivity index (χ0n) is 18.1. The number of hydrogen-bond acceptors (Lipinski definition) is 4. The highest BCUT2D eigenvalue weighted by atomic mass is 32.1. The lowest BCUT2D eigenvalue weighted by molar-refractivity contribution is 0.0697. The predicted octanol–water partition coefficient (Wildman–Crippen LogP) is 4.48. The van der Waals surface area contributed by atoms with Gasteiger partial charge in [-0.3, -0.25) is 14.4 Å². The first-order valence-electron chi connectivity index (χ1n) is 10.7. The van der Waals surface area contributed by atoms with Crippen LogP contribution >= 0.6 is 11.3 Å². The molecule has 0 radical (unpaired) electrons. The number of anilines is 1. The molecule has 33 heavy (non-hydrogen) atoms. The molecular formula is C25H24FN3O3S. The first-order chi connectivity index (χ1) is 15.9. The topological polar surface area (TPSA) is 78.5 Å². The van der Waals surface area contributed by atoms with Crippen LogP contribution < -0.4 is 10.6 Å². The van der Waals surface area contributed by atoms with Gasteiger partial charge in [0.05, 0.1) is 5.56 Å². The Labute approximate surface area is 195 Å². The third-order valence-electron chi connectivity index (χ3n) is 5.75. The number of carbonyl (C=O) groups excluding carboxylic acids is 3. The molecule has 2 aromatic carbocycles. The summed E-state index contributed by atoms with van der Waals surface area (Å²) in [5.74, 6) is -1.40. The maximum atomic E-state index is 13.9. The van der Waals surface area contributed by atoms with Gasteiger partial charge in [0, 0.05) is 41.3 Å². The van der Waals surface area contributed by atoms with Crippen molar-refractivity contribution in [2.75, 3.05) is 18.4 Å². The largest absolute Gasteiger partial charge is 0.349 e. The number of piperidine rings is 1. The second-order valence-electron chi connectivity index (χ2n) is 8.02. The quantitative estimate of drug-likeness (QED) is 0.583. The Morgan fingerprint density at radius 2 is 1.76 bits per heavy atom. The summed E-state index contributed by atoms with van der Waals surface area (Å²) in [5, 5.41) is 9.42. The molecule has 1 aliphatic rings. The zero-order valence-corrected chi connectivity index (χ0v) is 19.0. The number of carbonyl (C=O) groups is 3. The van der Waals surface area contributed by atoms with Crippen LogP contribution in [0.3, 0.4) is 0 Å². The van der Waals surface area contributed by atoms with Crippen molar-refractivity contribution in [2.24, 2.45) is 0 Å². The predicted molar refractivity (Wildman–Crippen MR) is 126 cm³/mol. The summed E-state index contributed by atoms with van der Waals surface area (Å²) in [4.78, 5) is 39.6. The second kappa shape index (κ2) is 9.95. The monoisotopic (exact) mass is 465 g/mol. The minimum absolute atomic E-state index is 0.0232. The van der Waals surface area contributed by atoms with E-state index in [9.17, 15) is 18.8 Å². The zero-order chi connectivity index (χ0) is 23.4. The lowest BCUT2D eigenvalue weighted by atomic mass is 10.0. The van der Waals surface area contributed by atoms with Gasteiger partial charge in [0.25, 0.3) is 17.7 Å². The Bertz CT molecular complexity index is 1170. The van der Waals surface area contributed by atoms with Gasteiger partial charge in [-0.1, -0.05) is 18.2 Å². The third-order valence-corrected chi connectivity index (χ3v) is 6.44. The molecule has 170 valence electrons. The number of aryl methyl sites for hydroxylation is 1. The van der Waals surface area contributed by atoms with Crippen LogP contribution in [-0.2, 0) is 0 Å². The number of rotatable bonds is 5. The lowest BCUT2D eigenvalue weighted by Gasteiger charge is -2.32. The van der Waals surface area contributed by atoms with Crippen LogP contribution in [-0.4, -0.2) is 41.8 Å². The number of benzene rings is 2. The van der Waals surface area contributed by atoms with E-state index in [0.717, 1.165) is 5.56 Å². The molecule has 2 N–H and O–H groups in total. The van der Waals surface area contributed by atoms with Crippen LogP contribution in [0.1, 0.15) is 49.5 Å². The summed E-state index contributed by atoms with van der Waals surface area (Å²) in [6.07, 6.45) is 1.34. The van der Waals surface area contributed by atoms with E-state index in [1.54, 1.807) is 35.2 Å². The van der Waals surface area contributed by atoms with Crippen molar-refractivity contribution in [3.05, 3.63) is 87.4 Å². The second-order valence-corrected chi connectivity index (χ2v) is 8.80. The first-order valence-corrected chi connectivity index (χ1v) is 11.7. The minimum atomic E-state index is -0.603. The molecule has 3 aromatic rings. The molecule has 0 spiro atoms. The summed E-state index contributed by atoms with van der Waals surface area (Å²) in [6.45, 7) is 2.86. The minimum Gasteiger partial charge on any atom is -0.349 e. The van der Waals surface area contributed by atoms with Crippen LogP contribution in [0.2, 0.25) is 0 Å². The van der Waals surface area contributed by atoms with Crippen molar-refractivity contribution in [1.29, 1.82) is 0 Å². The number of hydrogen-bond donors (Lipinski definition) is 2. The molecule has 0 aliphatic carbocycles. The van der Waals surface area contributed by atoms with Gasteiger partial charge in [-0.05, 0) is 61.0 Å². The molecule has 0 saturated carbocycles. The van der Waals surface area contributed by atoms with Crippen molar-refractivity contribution in [1.82, 2.24) is 10.2 Å². The molecule has 8 heteroatoms. The molecule has 1 fully saturated rings. The molecule has 0 unspecified atom stereocenters. The number of nitrogens with one attached hydrogen (secondary N) is 2. The van der Waals surface area contributed by atoms with E-state index < -0.39 is 11.7 Å². The standard InChI is InChI=1S/C25H24FN3O3S/c1-16-6-7-17(14-22(16)28-24(31)20-4-2-3-5-21(20)26)25(32)29-11-8-19(9-12-29)27-23(30)18-10-13-33-15-18/h2-7,10,13-15,19H,8-9,11-12H2,1H3,(H,27,30)(H,28,31). The Morgan fingerprint density at radius 3 is 2.45 bits per heavy atom. The van der Waals surface area contributed by atoms with Crippen LogP contribution in [0.5, 0.6) is 0 Å². The molecule has 4 rings (SSSR count). The highest BCUT2D eigenvalue weighted by molar-refractivity contribution is 7.08. The van der Waals surface area contributed by atoms with Gasteiger partial charge >= 0.3 is 0 Å². The average molecular weight is 466 g/mol. The summed E-state index contributed by atoms with van der Waals surface area (Å²) in [5.41, 5.74) is 2.28. The van der Waals surface area contributed by atoms with E-state index in [2.05, 4.69) is 10.6 Å². The van der Waals surface area contributed by atoms with E-state index in [-0.39, 0.29) is 23.4 Å². The van der Waals surface area contributed by atoms with E-state index in [4.69, 9.17) is 0 Å². The molecule has 1 aromatic heterocycles. The van der Waals surface area contributed by atoms with Crippen LogP contribution in [0.4, 0.5) is 10.1 Å². The van der Waals surface area contributed by atoms with Crippen molar-refractivity contribution < 1.29 is 18.8 Å². The molecular weight excluding hydrogens is 441 g/mol. The van der Waals surface area contributed by atoms with Crippen molar-refractivity contribution in [2.45, 2.75) is 25.8 Å². The summed E-state index contributed by atoms with van der Waals surface area (Å²) in [7, 11) is 0. The van der Waals surface area contributed by atoms with Gasteiger partial charge in [0.1, 0.15) is 5.82 Å². The SMILES string of the molecule is Cc1ccc(C(=O)N2CCC(NC(=O)c3ccsc3)CC2)cc1NC(=O)c1ccccc1F. The van der Waals surface area contributed by atoms with Crippen molar-refractivity contribution in [3.63, 3.8) is 0 Å². The maximum absolute atomic E-state index is 13.9. The number of likely N-dealkylation sites (tertiary alicyclic amines) is 1. The molecule has 0 atom stereocenters.